The number of H-pyrrole nitrogens is 1. The van der Waals surface area contributed by atoms with Gasteiger partial charge in [-0.1, -0.05) is 19.1 Å². The number of carbonyl (C=O) groups is 3. The molecule has 162 valence electrons. The van der Waals surface area contributed by atoms with E-state index in [-0.39, 0.29) is 34.4 Å². The molecule has 31 heavy (non-hydrogen) atoms. The number of pyridine rings is 1. The fourth-order valence-electron chi connectivity index (χ4n) is 3.21. The topological polar surface area (TPSA) is 165 Å². The number of aliphatic hydroxyl groups is 1. The third-order valence-corrected chi connectivity index (χ3v) is 4.71. The number of carboxylic acid groups (broad SMARTS) is 3. The molecule has 0 aliphatic rings. The van der Waals surface area contributed by atoms with Crippen molar-refractivity contribution < 1.29 is 34.8 Å². The van der Waals surface area contributed by atoms with E-state index in [1.54, 1.807) is 32.0 Å². The van der Waals surface area contributed by atoms with Gasteiger partial charge >= 0.3 is 17.9 Å². The number of hydrogen-bond donors (Lipinski definition) is 5. The Balaban J connectivity index is 0.000000224. The first-order valence-corrected chi connectivity index (χ1v) is 9.14. The normalized spacial score (nSPS) is 11.3. The van der Waals surface area contributed by atoms with Gasteiger partial charge < -0.3 is 25.4 Å². The second-order valence-corrected chi connectivity index (χ2v) is 6.79. The van der Waals surface area contributed by atoms with Gasteiger partial charge in [-0.3, -0.25) is 4.79 Å². The summed E-state index contributed by atoms with van der Waals surface area (Å²) in [7, 11) is 0. The minimum absolute atomic E-state index is 0.0357. The van der Waals surface area contributed by atoms with Gasteiger partial charge in [0.25, 0.3) is 5.56 Å². The summed E-state index contributed by atoms with van der Waals surface area (Å²) in [6.45, 7) is 2.89. The molecule has 0 amide bonds. The number of rotatable bonds is 5. The summed E-state index contributed by atoms with van der Waals surface area (Å²) in [5.41, 5.74) is 0.422. The number of aliphatic hydroxyl groups excluding tert-OH is 1. The number of aromatic carboxylic acids is 3. The van der Waals surface area contributed by atoms with Crippen LogP contribution in [0.2, 0.25) is 0 Å². The van der Waals surface area contributed by atoms with Crippen molar-refractivity contribution in [3.8, 4) is 0 Å². The predicted octanol–water partition coefficient (Wildman–Crippen LogP) is 2.71. The first-order valence-electron chi connectivity index (χ1n) is 9.14. The highest BCUT2D eigenvalue weighted by atomic mass is 16.4. The second-order valence-electron chi connectivity index (χ2n) is 6.79. The molecule has 0 saturated heterocycles. The third kappa shape index (κ3) is 4.96. The molecule has 1 aromatic heterocycles. The zero-order valence-electron chi connectivity index (χ0n) is 16.7. The number of aryl methyl sites for hydroxylation is 1. The molecule has 0 radical (unpaired) electrons. The molecule has 0 aliphatic heterocycles. The van der Waals surface area contributed by atoms with E-state index < -0.39 is 23.8 Å². The van der Waals surface area contributed by atoms with Crippen molar-refractivity contribution in [2.45, 2.75) is 19.8 Å². The molecule has 1 heterocycles. The van der Waals surface area contributed by atoms with Crippen LogP contribution in [0.3, 0.4) is 0 Å². The summed E-state index contributed by atoms with van der Waals surface area (Å²) < 4.78 is 0. The average Bonchev–Trinajstić information content (AvgIpc) is 2.72. The largest absolute Gasteiger partial charge is 0.478 e. The van der Waals surface area contributed by atoms with Crippen molar-refractivity contribution in [3.63, 3.8) is 0 Å². The van der Waals surface area contributed by atoms with Crippen molar-refractivity contribution >= 4 is 28.7 Å². The highest BCUT2D eigenvalue weighted by molar-refractivity contribution is 6.03. The maximum atomic E-state index is 11.3. The molecule has 3 aromatic rings. The van der Waals surface area contributed by atoms with Crippen LogP contribution in [0, 0.1) is 6.92 Å². The molecule has 1 atom stereocenters. The van der Waals surface area contributed by atoms with Crippen molar-refractivity contribution in [3.05, 3.63) is 80.8 Å². The molecule has 5 N–H and O–H groups in total. The Hall–Kier alpha value is -3.98. The van der Waals surface area contributed by atoms with Gasteiger partial charge in [0.1, 0.15) is 0 Å². The Morgan fingerprint density at radius 3 is 2.10 bits per heavy atom. The summed E-state index contributed by atoms with van der Waals surface area (Å²) in [5, 5.41) is 37.0. The number of fused-ring (bicyclic) bond motifs is 1. The first kappa shape index (κ1) is 23.3. The lowest BCUT2D eigenvalue weighted by atomic mass is 9.88. The molecule has 0 aliphatic carbocycles. The lowest BCUT2D eigenvalue weighted by Gasteiger charge is -2.16. The Kier molecular flexibility index (Phi) is 7.28. The summed E-state index contributed by atoms with van der Waals surface area (Å²) >= 11 is 0. The molecule has 0 fully saturated rings. The van der Waals surface area contributed by atoms with Crippen molar-refractivity contribution in [2.75, 3.05) is 6.61 Å². The SMILES string of the molecule is Cc1ccc(C(=O)O)c(C(C)CO)c1C(=O)O.O=C(O)c1cccc2c(=O)[nH]ccc12. The predicted molar refractivity (Wildman–Crippen MR) is 112 cm³/mol. The van der Waals surface area contributed by atoms with Gasteiger partial charge in [-0.05, 0) is 42.3 Å². The van der Waals surface area contributed by atoms with Crippen LogP contribution in [0.1, 0.15) is 55.0 Å². The van der Waals surface area contributed by atoms with E-state index in [2.05, 4.69) is 4.98 Å². The van der Waals surface area contributed by atoms with Crippen LogP contribution < -0.4 is 5.56 Å². The monoisotopic (exact) mass is 427 g/mol. The number of aromatic amines is 1. The quantitative estimate of drug-likeness (QED) is 0.414. The van der Waals surface area contributed by atoms with Gasteiger partial charge in [-0.25, -0.2) is 14.4 Å². The van der Waals surface area contributed by atoms with Crippen LogP contribution >= 0.6 is 0 Å². The lowest BCUT2D eigenvalue weighted by molar-refractivity contribution is 0.0680. The highest BCUT2D eigenvalue weighted by Gasteiger charge is 2.24. The number of aromatic nitrogens is 1. The molecular weight excluding hydrogens is 406 g/mol. The van der Waals surface area contributed by atoms with E-state index >= 15 is 0 Å². The summed E-state index contributed by atoms with van der Waals surface area (Å²) in [5.74, 6) is -3.93. The molecular formula is C22H21NO8. The number of hydrogen-bond acceptors (Lipinski definition) is 5. The number of nitrogens with one attached hydrogen (secondary N) is 1. The van der Waals surface area contributed by atoms with E-state index in [0.717, 1.165) is 0 Å². The number of carboxylic acids is 3. The molecule has 2 aromatic carbocycles. The minimum Gasteiger partial charge on any atom is -0.478 e. The average molecular weight is 427 g/mol. The summed E-state index contributed by atoms with van der Waals surface area (Å²) in [4.78, 5) is 46.8. The van der Waals surface area contributed by atoms with Gasteiger partial charge in [0, 0.05) is 29.5 Å². The molecule has 9 nitrogen and oxygen atoms in total. The third-order valence-electron chi connectivity index (χ3n) is 4.71. The van der Waals surface area contributed by atoms with Crippen LogP contribution in [0.5, 0.6) is 0 Å². The van der Waals surface area contributed by atoms with E-state index in [0.29, 0.717) is 16.3 Å². The Morgan fingerprint density at radius 2 is 1.55 bits per heavy atom. The van der Waals surface area contributed by atoms with Gasteiger partial charge in [0.2, 0.25) is 0 Å². The van der Waals surface area contributed by atoms with Crippen LogP contribution in [-0.2, 0) is 0 Å². The van der Waals surface area contributed by atoms with Gasteiger partial charge in [-0.15, -0.1) is 0 Å². The standard InChI is InChI=1S/C12H14O5.C10H7NO3/c1-6-3-4-8(11(14)15)9(7(2)5-13)10(6)12(16)17;12-9-7-2-1-3-8(10(13)14)6(7)4-5-11-9/h3-4,7,13H,5H2,1-2H3,(H,14,15)(H,16,17);1-5H,(H,11,12)(H,13,14). The van der Waals surface area contributed by atoms with Crippen LogP contribution in [0.15, 0.2) is 47.4 Å². The van der Waals surface area contributed by atoms with Gasteiger partial charge in [-0.2, -0.15) is 0 Å². The second kappa shape index (κ2) is 9.68. The molecule has 3 rings (SSSR count). The maximum absolute atomic E-state index is 11.3. The molecule has 9 heteroatoms. The Bertz CT molecular complexity index is 1210. The van der Waals surface area contributed by atoms with E-state index in [4.69, 9.17) is 20.4 Å². The Morgan fingerprint density at radius 1 is 0.903 bits per heavy atom. The van der Waals surface area contributed by atoms with Crippen molar-refractivity contribution in [2.24, 2.45) is 0 Å². The van der Waals surface area contributed by atoms with Crippen molar-refractivity contribution in [1.29, 1.82) is 0 Å². The van der Waals surface area contributed by atoms with Crippen LogP contribution in [0.25, 0.3) is 10.8 Å². The smallest absolute Gasteiger partial charge is 0.336 e. The zero-order valence-corrected chi connectivity index (χ0v) is 16.7. The maximum Gasteiger partial charge on any atom is 0.336 e. The van der Waals surface area contributed by atoms with Crippen LogP contribution in [-0.4, -0.2) is 49.9 Å². The van der Waals surface area contributed by atoms with E-state index in [1.807, 2.05) is 0 Å². The fraction of sp³-hybridized carbons (Fsp3) is 0.182. The highest BCUT2D eigenvalue weighted by Crippen LogP contribution is 2.27. The fourth-order valence-corrected chi connectivity index (χ4v) is 3.21. The molecule has 0 saturated carbocycles. The van der Waals surface area contributed by atoms with Crippen molar-refractivity contribution in [1.82, 2.24) is 4.98 Å². The zero-order chi connectivity index (χ0) is 23.3. The Labute approximate surface area is 176 Å². The first-order chi connectivity index (χ1) is 14.6. The molecule has 0 spiro atoms. The van der Waals surface area contributed by atoms with Gasteiger partial charge in [0.15, 0.2) is 0 Å². The minimum atomic E-state index is -1.19. The van der Waals surface area contributed by atoms with E-state index in [9.17, 15) is 19.2 Å². The van der Waals surface area contributed by atoms with Gasteiger partial charge in [0.05, 0.1) is 16.7 Å². The summed E-state index contributed by atoms with van der Waals surface area (Å²) in [6, 6.07) is 9.04. The van der Waals surface area contributed by atoms with E-state index in [1.165, 1.54) is 24.4 Å². The molecule has 1 unspecified atom stereocenters. The lowest BCUT2D eigenvalue weighted by Crippen LogP contribution is -2.15. The molecule has 0 bridgehead atoms. The number of benzene rings is 2. The summed E-state index contributed by atoms with van der Waals surface area (Å²) in [6.07, 6.45) is 1.44. The van der Waals surface area contributed by atoms with Crippen LogP contribution in [0.4, 0.5) is 0 Å².